The molecule has 0 aromatic carbocycles. The highest BCUT2D eigenvalue weighted by Crippen LogP contribution is 2.36. The fourth-order valence-corrected chi connectivity index (χ4v) is 5.93. The van der Waals surface area contributed by atoms with E-state index >= 15 is 0 Å². The summed E-state index contributed by atoms with van der Waals surface area (Å²) in [6.45, 7) is 8.36. The summed E-state index contributed by atoms with van der Waals surface area (Å²) in [4.78, 5) is 22.1. The lowest BCUT2D eigenvalue weighted by molar-refractivity contribution is -0.0263. The Morgan fingerprint density at radius 2 is 1.88 bits per heavy atom. The Bertz CT molecular complexity index is 769. The number of nitrogens with one attached hydrogen (secondary N) is 1. The summed E-state index contributed by atoms with van der Waals surface area (Å²) in [7, 11) is 0. The number of fused-ring (bicyclic) bond motifs is 1. The molecule has 2 fully saturated rings. The molecule has 0 spiro atoms. The largest absolute Gasteiger partial charge is 0.444 e. The number of halogens is 2. The Morgan fingerprint density at radius 3 is 2.53 bits per heavy atom. The molecule has 1 saturated carbocycles. The van der Waals surface area contributed by atoms with Crippen molar-refractivity contribution in [3.05, 3.63) is 10.6 Å². The van der Waals surface area contributed by atoms with Gasteiger partial charge in [0, 0.05) is 30.4 Å². The van der Waals surface area contributed by atoms with E-state index in [9.17, 15) is 13.6 Å². The Morgan fingerprint density at radius 1 is 1.19 bits per heavy atom. The van der Waals surface area contributed by atoms with Gasteiger partial charge in [0.1, 0.15) is 5.60 Å². The van der Waals surface area contributed by atoms with Crippen molar-refractivity contribution in [2.24, 2.45) is 5.92 Å². The van der Waals surface area contributed by atoms with Crippen LogP contribution in [0.2, 0.25) is 0 Å². The number of thiazole rings is 1. The van der Waals surface area contributed by atoms with Crippen LogP contribution in [0.3, 0.4) is 0 Å². The van der Waals surface area contributed by atoms with Gasteiger partial charge in [0.2, 0.25) is 0 Å². The molecule has 4 rings (SSSR count). The van der Waals surface area contributed by atoms with Gasteiger partial charge in [-0.1, -0.05) is 0 Å². The molecule has 1 saturated heterocycles. The second-order valence-electron chi connectivity index (χ2n) is 10.6. The van der Waals surface area contributed by atoms with Gasteiger partial charge >= 0.3 is 6.09 Å². The molecule has 3 heterocycles. The maximum Gasteiger partial charge on any atom is 0.407 e. The van der Waals surface area contributed by atoms with Gasteiger partial charge < -0.3 is 19.9 Å². The van der Waals surface area contributed by atoms with E-state index in [0.29, 0.717) is 5.92 Å². The lowest BCUT2D eigenvalue weighted by Crippen LogP contribution is -2.56. The van der Waals surface area contributed by atoms with E-state index in [0.717, 1.165) is 69.0 Å². The van der Waals surface area contributed by atoms with Crippen LogP contribution in [-0.2, 0) is 17.6 Å². The lowest BCUT2D eigenvalue weighted by Gasteiger charge is -2.38. The maximum absolute atomic E-state index is 13.2. The molecule has 0 bridgehead atoms. The van der Waals surface area contributed by atoms with Crippen LogP contribution in [0, 0.1) is 5.92 Å². The summed E-state index contributed by atoms with van der Waals surface area (Å²) < 4.78 is 31.7. The van der Waals surface area contributed by atoms with Crippen LogP contribution in [-0.4, -0.2) is 66.3 Å². The van der Waals surface area contributed by atoms with Crippen LogP contribution in [0.1, 0.15) is 63.4 Å². The molecule has 1 N–H and O–H groups in total. The van der Waals surface area contributed by atoms with Gasteiger partial charge in [-0.2, -0.15) is 0 Å². The first-order chi connectivity index (χ1) is 15.1. The van der Waals surface area contributed by atoms with E-state index in [1.54, 1.807) is 16.2 Å². The number of carbonyl (C=O) groups is 1. The Kier molecular flexibility index (Phi) is 6.96. The van der Waals surface area contributed by atoms with Crippen LogP contribution >= 0.6 is 11.3 Å². The number of alkyl carbamates (subject to hydrolysis) is 1. The third-order valence-electron chi connectivity index (χ3n) is 6.62. The van der Waals surface area contributed by atoms with Crippen molar-refractivity contribution >= 4 is 22.6 Å². The van der Waals surface area contributed by atoms with Gasteiger partial charge in [-0.3, -0.25) is 0 Å². The molecule has 3 aliphatic rings. The van der Waals surface area contributed by atoms with Crippen LogP contribution in [0.15, 0.2) is 0 Å². The molecule has 2 aliphatic heterocycles. The third kappa shape index (κ3) is 6.31. The van der Waals surface area contributed by atoms with E-state index < -0.39 is 11.5 Å². The number of hydrogen-bond donors (Lipinski definition) is 1. The molecular formula is C23H36F2N4O2S. The molecule has 1 aliphatic carbocycles. The molecule has 0 unspecified atom stereocenters. The van der Waals surface area contributed by atoms with Crippen molar-refractivity contribution in [1.29, 1.82) is 0 Å². The van der Waals surface area contributed by atoms with Crippen molar-refractivity contribution in [2.45, 2.75) is 83.3 Å². The summed E-state index contributed by atoms with van der Waals surface area (Å²) in [5.74, 6) is -1.84. The van der Waals surface area contributed by atoms with Crippen LogP contribution in [0.4, 0.5) is 18.7 Å². The first kappa shape index (κ1) is 23.7. The molecule has 1 amide bonds. The normalized spacial score (nSPS) is 26.1. The first-order valence-corrected chi connectivity index (χ1v) is 12.7. The van der Waals surface area contributed by atoms with Crippen molar-refractivity contribution in [2.75, 3.05) is 37.6 Å². The molecule has 32 heavy (non-hydrogen) atoms. The zero-order valence-electron chi connectivity index (χ0n) is 19.5. The molecule has 1 aromatic heterocycles. The van der Waals surface area contributed by atoms with E-state index in [1.165, 1.54) is 11.3 Å². The standard InChI is InChI=1S/C23H36F2N4O2S/c1-22(2,3)31-21(30)26-17-6-4-16(5-7-17)8-11-28-12-9-18-19(10-13-28)32-20(27-18)29-14-23(24,25)15-29/h16-17H,4-15H2,1-3H3,(H,26,30). The minimum absolute atomic E-state index is 0.193. The SMILES string of the molecule is CC(C)(C)OC(=O)NC1CCC(CCN2CCc3nc(N4CC(F)(F)C4)sc3CC2)CC1. The highest BCUT2D eigenvalue weighted by atomic mass is 32.1. The summed E-state index contributed by atoms with van der Waals surface area (Å²) in [6.07, 6.45) is 7.07. The van der Waals surface area contributed by atoms with Gasteiger partial charge in [-0.05, 0) is 71.8 Å². The monoisotopic (exact) mass is 470 g/mol. The molecule has 0 atom stereocenters. The number of aromatic nitrogens is 1. The van der Waals surface area contributed by atoms with E-state index in [1.807, 2.05) is 20.8 Å². The number of amides is 1. The average molecular weight is 471 g/mol. The van der Waals surface area contributed by atoms with Crippen molar-refractivity contribution in [3.8, 4) is 0 Å². The zero-order chi connectivity index (χ0) is 22.9. The Balaban J connectivity index is 1.15. The number of carbonyl (C=O) groups excluding carboxylic acids is 1. The Labute approximate surface area is 193 Å². The molecule has 6 nitrogen and oxygen atoms in total. The van der Waals surface area contributed by atoms with Gasteiger partial charge in [-0.15, -0.1) is 11.3 Å². The van der Waals surface area contributed by atoms with Crippen molar-refractivity contribution in [3.63, 3.8) is 0 Å². The number of alkyl halides is 2. The molecular weight excluding hydrogens is 434 g/mol. The number of hydrogen-bond acceptors (Lipinski definition) is 6. The second kappa shape index (κ2) is 9.41. The van der Waals surface area contributed by atoms with Gasteiger partial charge in [0.15, 0.2) is 5.13 Å². The first-order valence-electron chi connectivity index (χ1n) is 11.9. The van der Waals surface area contributed by atoms with E-state index in [4.69, 9.17) is 4.74 Å². The highest BCUT2D eigenvalue weighted by molar-refractivity contribution is 7.15. The molecule has 1 aromatic rings. The number of anilines is 1. The summed E-state index contributed by atoms with van der Waals surface area (Å²) in [5, 5.41) is 3.79. The number of ether oxygens (including phenoxy) is 1. The van der Waals surface area contributed by atoms with Crippen molar-refractivity contribution < 1.29 is 18.3 Å². The predicted octanol–water partition coefficient (Wildman–Crippen LogP) is 4.47. The molecule has 9 heteroatoms. The van der Waals surface area contributed by atoms with Crippen LogP contribution in [0.25, 0.3) is 0 Å². The number of nitrogens with zero attached hydrogens (tertiary/aromatic N) is 3. The van der Waals surface area contributed by atoms with Gasteiger partial charge in [-0.25, -0.2) is 18.6 Å². The summed E-state index contributed by atoms with van der Waals surface area (Å²) in [5.41, 5.74) is 0.648. The number of rotatable bonds is 5. The average Bonchev–Trinajstić information content (AvgIpc) is 2.98. The predicted molar refractivity (Wildman–Crippen MR) is 123 cm³/mol. The second-order valence-corrected chi connectivity index (χ2v) is 11.6. The minimum Gasteiger partial charge on any atom is -0.444 e. The van der Waals surface area contributed by atoms with E-state index in [2.05, 4.69) is 15.2 Å². The zero-order valence-corrected chi connectivity index (χ0v) is 20.3. The fraction of sp³-hybridized carbons (Fsp3) is 0.826. The maximum atomic E-state index is 13.2. The third-order valence-corrected chi connectivity index (χ3v) is 7.84. The lowest BCUT2D eigenvalue weighted by atomic mass is 9.84. The highest BCUT2D eigenvalue weighted by Gasteiger charge is 2.45. The van der Waals surface area contributed by atoms with Gasteiger partial charge in [0.05, 0.1) is 18.8 Å². The quantitative estimate of drug-likeness (QED) is 0.688. The Hall–Kier alpha value is -1.48. The smallest absolute Gasteiger partial charge is 0.407 e. The molecule has 0 radical (unpaired) electrons. The van der Waals surface area contributed by atoms with Crippen LogP contribution in [0.5, 0.6) is 0 Å². The molecule has 180 valence electrons. The fourth-order valence-electron chi connectivity index (χ4n) is 4.84. The topological polar surface area (TPSA) is 57.7 Å². The minimum atomic E-state index is -2.55. The van der Waals surface area contributed by atoms with Crippen molar-refractivity contribution in [1.82, 2.24) is 15.2 Å². The summed E-state index contributed by atoms with van der Waals surface area (Å²) >= 11 is 1.60. The van der Waals surface area contributed by atoms with E-state index in [-0.39, 0.29) is 25.2 Å². The van der Waals surface area contributed by atoms with Crippen LogP contribution < -0.4 is 10.2 Å². The van der Waals surface area contributed by atoms with Gasteiger partial charge in [0.25, 0.3) is 5.92 Å². The summed E-state index contributed by atoms with van der Waals surface area (Å²) in [6, 6.07) is 0.224.